The smallest absolute Gasteiger partial charge is 0.334 e. The summed E-state index contributed by atoms with van der Waals surface area (Å²) in [5.41, 5.74) is -1.16. The van der Waals surface area contributed by atoms with Crippen molar-refractivity contribution in [2.24, 2.45) is 17.3 Å². The predicted octanol–water partition coefficient (Wildman–Crippen LogP) is 6.72. The summed E-state index contributed by atoms with van der Waals surface area (Å²) in [7, 11) is 0. The van der Waals surface area contributed by atoms with Crippen LogP contribution in [0, 0.1) is 28.6 Å². The molecule has 0 radical (unpaired) electrons. The first-order valence-corrected chi connectivity index (χ1v) is 11.7. The zero-order valence-electron chi connectivity index (χ0n) is 18.4. The summed E-state index contributed by atoms with van der Waals surface area (Å²) < 4.78 is 5.29. The summed E-state index contributed by atoms with van der Waals surface area (Å²) in [6.07, 6.45) is 14.4. The average Bonchev–Trinajstić information content (AvgIpc) is 2.70. The number of nitriles is 1. The maximum atomic E-state index is 12.8. The van der Waals surface area contributed by atoms with Crippen LogP contribution in [0.2, 0.25) is 0 Å². The van der Waals surface area contributed by atoms with Gasteiger partial charge in [0.05, 0.1) is 12.0 Å². The first-order valence-electron chi connectivity index (χ1n) is 11.7. The van der Waals surface area contributed by atoms with Crippen molar-refractivity contribution in [2.45, 2.75) is 117 Å². The maximum absolute atomic E-state index is 12.8. The van der Waals surface area contributed by atoms with Gasteiger partial charge < -0.3 is 4.74 Å². The van der Waals surface area contributed by atoms with Crippen LogP contribution in [0.15, 0.2) is 0 Å². The number of hydrogen-bond acceptors (Lipinski definition) is 4. The number of carbonyl (C=O) groups excluding carboxylic acids is 2. The minimum Gasteiger partial charge on any atom is -0.392 e. The van der Waals surface area contributed by atoms with Crippen LogP contribution in [0.4, 0.5) is 0 Å². The molecule has 0 aromatic heterocycles. The van der Waals surface area contributed by atoms with Crippen LogP contribution in [0.1, 0.15) is 117 Å². The topological polar surface area (TPSA) is 67.2 Å². The van der Waals surface area contributed by atoms with Crippen LogP contribution >= 0.6 is 0 Å². The van der Waals surface area contributed by atoms with Gasteiger partial charge in [0.1, 0.15) is 0 Å². The molecular weight excluding hydrogens is 350 g/mol. The number of hydrogen-bond donors (Lipinski definition) is 0. The Balaban J connectivity index is 2.56. The van der Waals surface area contributed by atoms with Crippen molar-refractivity contribution in [3.05, 3.63) is 0 Å². The van der Waals surface area contributed by atoms with Gasteiger partial charge in [-0.2, -0.15) is 5.26 Å². The molecule has 1 rings (SSSR count). The molecular formula is C24H41NO3. The van der Waals surface area contributed by atoms with Crippen LogP contribution in [0.25, 0.3) is 0 Å². The highest BCUT2D eigenvalue weighted by Gasteiger charge is 2.41. The fourth-order valence-corrected chi connectivity index (χ4v) is 4.49. The first kappa shape index (κ1) is 24.7. The molecule has 160 valence electrons. The molecule has 0 aliphatic heterocycles. The molecule has 0 N–H and O–H groups in total. The van der Waals surface area contributed by atoms with Gasteiger partial charge in [0.2, 0.25) is 0 Å². The molecule has 1 saturated carbocycles. The van der Waals surface area contributed by atoms with E-state index in [1.54, 1.807) is 0 Å². The lowest BCUT2D eigenvalue weighted by atomic mass is 9.79. The van der Waals surface area contributed by atoms with E-state index in [1.165, 1.54) is 32.1 Å². The molecule has 0 bridgehead atoms. The zero-order valence-corrected chi connectivity index (χ0v) is 18.4. The monoisotopic (exact) mass is 391 g/mol. The van der Waals surface area contributed by atoms with E-state index in [9.17, 15) is 14.9 Å². The lowest BCUT2D eigenvalue weighted by Crippen LogP contribution is -2.35. The van der Waals surface area contributed by atoms with Crippen LogP contribution in [0.3, 0.4) is 0 Å². The van der Waals surface area contributed by atoms with Gasteiger partial charge >= 0.3 is 11.9 Å². The van der Waals surface area contributed by atoms with E-state index in [0.717, 1.165) is 51.4 Å². The Hall–Kier alpha value is -1.37. The van der Waals surface area contributed by atoms with Gasteiger partial charge in [0, 0.05) is 0 Å². The van der Waals surface area contributed by atoms with E-state index in [1.807, 2.05) is 6.92 Å². The third-order valence-corrected chi connectivity index (χ3v) is 6.31. The number of ether oxygens (including phenoxy) is 1. The summed E-state index contributed by atoms with van der Waals surface area (Å²) in [6.45, 7) is 6.35. The number of carbonyl (C=O) groups is 2. The molecule has 1 fully saturated rings. The number of unbranched alkanes of at least 4 members (excludes halogenated alkanes) is 5. The lowest BCUT2D eigenvalue weighted by molar-refractivity contribution is -0.169. The molecule has 1 unspecified atom stereocenters. The summed E-state index contributed by atoms with van der Waals surface area (Å²) >= 11 is 0. The van der Waals surface area contributed by atoms with Gasteiger partial charge in [-0.1, -0.05) is 78.6 Å². The van der Waals surface area contributed by atoms with E-state index < -0.39 is 17.4 Å². The van der Waals surface area contributed by atoms with Gasteiger partial charge in [-0.15, -0.1) is 0 Å². The molecule has 0 heterocycles. The molecule has 0 saturated heterocycles. The summed E-state index contributed by atoms with van der Waals surface area (Å²) in [5.74, 6) is -0.482. The van der Waals surface area contributed by atoms with Gasteiger partial charge in [-0.3, -0.25) is 4.79 Å². The Morgan fingerprint density at radius 2 is 1.54 bits per heavy atom. The third kappa shape index (κ3) is 7.94. The van der Waals surface area contributed by atoms with Crippen LogP contribution < -0.4 is 0 Å². The summed E-state index contributed by atoms with van der Waals surface area (Å²) in [6, 6.07) is 2.22. The van der Waals surface area contributed by atoms with Gasteiger partial charge in [-0.25, -0.2) is 4.79 Å². The van der Waals surface area contributed by atoms with Crippen LogP contribution in [0.5, 0.6) is 0 Å². The standard InChI is InChI=1S/C24H41NO3/c1-4-7-8-9-10-11-18-24(19-25,17-6-3)23(27)28-22(26)21-15-13-20(12-5-2)14-16-21/h20-21H,4-18H2,1-3H3. The zero-order chi connectivity index (χ0) is 20.8. The number of nitrogens with zero attached hydrogens (tertiary/aromatic N) is 1. The Morgan fingerprint density at radius 1 is 0.893 bits per heavy atom. The Morgan fingerprint density at radius 3 is 2.11 bits per heavy atom. The molecule has 0 spiro atoms. The third-order valence-electron chi connectivity index (χ3n) is 6.31. The normalized spacial score (nSPS) is 21.5. The highest BCUT2D eigenvalue weighted by molar-refractivity contribution is 5.91. The molecule has 0 aromatic rings. The SMILES string of the molecule is CCCCCCCCC(C#N)(CCC)C(=O)OC(=O)C1CCC(CCC)CC1. The van der Waals surface area contributed by atoms with Gasteiger partial charge in [-0.05, 0) is 44.4 Å². The second-order valence-corrected chi connectivity index (χ2v) is 8.68. The average molecular weight is 392 g/mol. The Kier molecular flexibility index (Phi) is 12.1. The highest BCUT2D eigenvalue weighted by atomic mass is 16.6. The second-order valence-electron chi connectivity index (χ2n) is 8.68. The highest BCUT2D eigenvalue weighted by Crippen LogP contribution is 2.35. The lowest BCUT2D eigenvalue weighted by Gasteiger charge is -2.28. The molecule has 1 atom stereocenters. The van der Waals surface area contributed by atoms with Gasteiger partial charge in [0.15, 0.2) is 5.41 Å². The largest absolute Gasteiger partial charge is 0.392 e. The van der Waals surface area contributed by atoms with Crippen molar-refractivity contribution >= 4 is 11.9 Å². The van der Waals surface area contributed by atoms with Crippen molar-refractivity contribution in [1.29, 1.82) is 5.26 Å². The Bertz CT molecular complexity index is 502. The molecule has 1 aliphatic rings. The Labute approximate surface area is 172 Å². The minimum atomic E-state index is -1.16. The van der Waals surface area contributed by atoms with Crippen LogP contribution in [-0.4, -0.2) is 11.9 Å². The molecule has 4 heteroatoms. The molecule has 0 aromatic carbocycles. The van der Waals surface area contributed by atoms with E-state index in [2.05, 4.69) is 19.9 Å². The van der Waals surface area contributed by atoms with Crippen LogP contribution in [-0.2, 0) is 14.3 Å². The van der Waals surface area contributed by atoms with E-state index in [4.69, 9.17) is 4.74 Å². The quantitative estimate of drug-likeness (QED) is 0.198. The van der Waals surface area contributed by atoms with Crippen molar-refractivity contribution in [3.8, 4) is 6.07 Å². The van der Waals surface area contributed by atoms with E-state index >= 15 is 0 Å². The molecule has 28 heavy (non-hydrogen) atoms. The summed E-state index contributed by atoms with van der Waals surface area (Å²) in [4.78, 5) is 25.3. The molecule has 1 aliphatic carbocycles. The molecule has 4 nitrogen and oxygen atoms in total. The van der Waals surface area contributed by atoms with Gasteiger partial charge in [0.25, 0.3) is 0 Å². The second kappa shape index (κ2) is 13.7. The van der Waals surface area contributed by atoms with Crippen molar-refractivity contribution in [1.82, 2.24) is 0 Å². The van der Waals surface area contributed by atoms with Crippen molar-refractivity contribution in [3.63, 3.8) is 0 Å². The minimum absolute atomic E-state index is 0.177. The summed E-state index contributed by atoms with van der Waals surface area (Å²) in [5, 5.41) is 9.77. The maximum Gasteiger partial charge on any atom is 0.334 e. The first-order chi connectivity index (χ1) is 13.5. The van der Waals surface area contributed by atoms with E-state index in [-0.39, 0.29) is 5.92 Å². The predicted molar refractivity (Wildman–Crippen MR) is 112 cm³/mol. The molecule has 0 amide bonds. The van der Waals surface area contributed by atoms with Crippen molar-refractivity contribution in [2.75, 3.05) is 0 Å². The number of esters is 2. The fourth-order valence-electron chi connectivity index (χ4n) is 4.49. The fraction of sp³-hybridized carbons (Fsp3) is 0.875. The van der Waals surface area contributed by atoms with Crippen molar-refractivity contribution < 1.29 is 14.3 Å². The van der Waals surface area contributed by atoms with E-state index in [0.29, 0.717) is 18.8 Å². The number of rotatable bonds is 13.